The van der Waals surface area contributed by atoms with Crippen molar-refractivity contribution in [1.82, 2.24) is 4.90 Å². The van der Waals surface area contributed by atoms with E-state index in [1.807, 2.05) is 6.07 Å². The lowest BCUT2D eigenvalue weighted by Crippen LogP contribution is -2.21. The number of likely N-dealkylation sites (tertiary alicyclic amines) is 1. The van der Waals surface area contributed by atoms with Crippen molar-refractivity contribution in [1.29, 1.82) is 0 Å². The Balaban J connectivity index is 2.40. The van der Waals surface area contributed by atoms with Gasteiger partial charge in [-0.15, -0.1) is 0 Å². The molecule has 19 heavy (non-hydrogen) atoms. The largest absolute Gasteiger partial charge is 0.495 e. The molecule has 1 heterocycles. The standard InChI is InChI=1S/C15H23ClN2O/c1-4-10-5-12(15(19-3)13(16)6-10)14-7-11(8-17)9-18(14)2/h5-6,11,14H,4,7-9,17H2,1-3H3. The van der Waals surface area contributed by atoms with Crippen LogP contribution in [0.4, 0.5) is 0 Å². The maximum absolute atomic E-state index is 6.34. The van der Waals surface area contributed by atoms with Crippen molar-refractivity contribution in [3.63, 3.8) is 0 Å². The third kappa shape index (κ3) is 2.88. The van der Waals surface area contributed by atoms with Gasteiger partial charge in [-0.25, -0.2) is 0 Å². The Morgan fingerprint density at radius 2 is 2.21 bits per heavy atom. The van der Waals surface area contributed by atoms with Crippen molar-refractivity contribution < 1.29 is 4.74 Å². The number of rotatable bonds is 4. The van der Waals surface area contributed by atoms with Gasteiger partial charge in [0.1, 0.15) is 5.75 Å². The monoisotopic (exact) mass is 282 g/mol. The summed E-state index contributed by atoms with van der Waals surface area (Å²) < 4.78 is 5.52. The van der Waals surface area contributed by atoms with E-state index in [0.717, 1.165) is 31.7 Å². The summed E-state index contributed by atoms with van der Waals surface area (Å²) in [5, 5.41) is 0.710. The molecule has 4 heteroatoms. The summed E-state index contributed by atoms with van der Waals surface area (Å²) in [5.41, 5.74) is 8.26. The van der Waals surface area contributed by atoms with E-state index >= 15 is 0 Å². The van der Waals surface area contributed by atoms with Crippen LogP contribution in [0.1, 0.15) is 30.5 Å². The highest BCUT2D eigenvalue weighted by Crippen LogP contribution is 2.41. The Hall–Kier alpha value is -0.770. The fourth-order valence-electron chi connectivity index (χ4n) is 2.98. The van der Waals surface area contributed by atoms with Gasteiger partial charge in [-0.1, -0.05) is 24.6 Å². The number of nitrogens with zero attached hydrogens (tertiary/aromatic N) is 1. The summed E-state index contributed by atoms with van der Waals surface area (Å²) in [5.74, 6) is 1.37. The number of ether oxygens (including phenoxy) is 1. The van der Waals surface area contributed by atoms with Crippen LogP contribution >= 0.6 is 11.6 Å². The van der Waals surface area contributed by atoms with Gasteiger partial charge in [0.15, 0.2) is 0 Å². The zero-order chi connectivity index (χ0) is 14.0. The van der Waals surface area contributed by atoms with Crippen molar-refractivity contribution >= 4 is 11.6 Å². The molecule has 2 N–H and O–H groups in total. The number of aryl methyl sites for hydroxylation is 1. The van der Waals surface area contributed by atoms with Crippen molar-refractivity contribution in [3.8, 4) is 5.75 Å². The molecule has 3 nitrogen and oxygen atoms in total. The Bertz CT molecular complexity index is 450. The predicted octanol–water partition coefficient (Wildman–Crippen LogP) is 2.86. The molecule has 1 aromatic carbocycles. The zero-order valence-corrected chi connectivity index (χ0v) is 12.7. The quantitative estimate of drug-likeness (QED) is 0.923. The minimum Gasteiger partial charge on any atom is -0.495 e. The maximum Gasteiger partial charge on any atom is 0.142 e. The summed E-state index contributed by atoms with van der Waals surface area (Å²) in [6, 6.07) is 4.58. The average molecular weight is 283 g/mol. The molecule has 0 saturated carbocycles. The molecule has 2 rings (SSSR count). The lowest BCUT2D eigenvalue weighted by atomic mass is 9.96. The van der Waals surface area contributed by atoms with Crippen LogP contribution in [0.15, 0.2) is 12.1 Å². The molecule has 0 aromatic heterocycles. The highest BCUT2D eigenvalue weighted by molar-refractivity contribution is 6.32. The highest BCUT2D eigenvalue weighted by atomic mass is 35.5. The molecule has 1 fully saturated rings. The molecule has 2 unspecified atom stereocenters. The van der Waals surface area contributed by atoms with Crippen molar-refractivity contribution in [2.24, 2.45) is 11.7 Å². The van der Waals surface area contributed by atoms with Gasteiger partial charge in [-0.2, -0.15) is 0 Å². The molecule has 0 radical (unpaired) electrons. The minimum atomic E-state index is 0.354. The molecule has 106 valence electrons. The Morgan fingerprint density at radius 3 is 2.74 bits per heavy atom. The Kier molecular flexibility index (Phi) is 4.71. The number of nitrogens with two attached hydrogens (primary N) is 1. The average Bonchev–Trinajstić information content (AvgIpc) is 2.79. The first-order chi connectivity index (χ1) is 9.10. The molecule has 0 amide bonds. The highest BCUT2D eigenvalue weighted by Gasteiger charge is 2.32. The first-order valence-electron chi connectivity index (χ1n) is 6.87. The van der Waals surface area contributed by atoms with Crippen molar-refractivity contribution in [2.45, 2.75) is 25.8 Å². The molecular weight excluding hydrogens is 260 g/mol. The van der Waals surface area contributed by atoms with Crippen LogP contribution in [0.5, 0.6) is 5.75 Å². The first kappa shape index (κ1) is 14.6. The van der Waals surface area contributed by atoms with Crippen LogP contribution in [0.2, 0.25) is 5.02 Å². The molecule has 2 atom stereocenters. The number of hydrogen-bond donors (Lipinski definition) is 1. The molecule has 0 bridgehead atoms. The molecule has 1 saturated heterocycles. The topological polar surface area (TPSA) is 38.5 Å². The maximum atomic E-state index is 6.34. The molecule has 1 aromatic rings. The van der Waals surface area contributed by atoms with Gasteiger partial charge >= 0.3 is 0 Å². The summed E-state index contributed by atoms with van der Waals surface area (Å²) >= 11 is 6.34. The number of halogens is 1. The fourth-order valence-corrected chi connectivity index (χ4v) is 3.31. The van der Waals surface area contributed by atoms with E-state index in [0.29, 0.717) is 17.0 Å². The van der Waals surface area contributed by atoms with Crippen LogP contribution in [0.3, 0.4) is 0 Å². The Morgan fingerprint density at radius 1 is 1.47 bits per heavy atom. The summed E-state index contributed by atoms with van der Waals surface area (Å²) in [6.45, 7) is 3.92. The van der Waals surface area contributed by atoms with Crippen LogP contribution in [0.25, 0.3) is 0 Å². The van der Waals surface area contributed by atoms with Gasteiger partial charge in [-0.3, -0.25) is 4.90 Å². The summed E-state index contributed by atoms with van der Waals surface area (Å²) in [7, 11) is 3.83. The number of methoxy groups -OCH3 is 1. The van der Waals surface area contributed by atoms with E-state index < -0.39 is 0 Å². The lowest BCUT2D eigenvalue weighted by Gasteiger charge is -2.23. The van der Waals surface area contributed by atoms with Gasteiger partial charge < -0.3 is 10.5 Å². The van der Waals surface area contributed by atoms with Crippen molar-refractivity contribution in [2.75, 3.05) is 27.2 Å². The number of hydrogen-bond acceptors (Lipinski definition) is 3. The van der Waals surface area contributed by atoms with Crippen LogP contribution in [-0.2, 0) is 6.42 Å². The SMILES string of the molecule is CCc1cc(Cl)c(OC)c(C2CC(CN)CN2C)c1. The van der Waals surface area contributed by atoms with Crippen LogP contribution < -0.4 is 10.5 Å². The van der Waals surface area contributed by atoms with Gasteiger partial charge in [0.2, 0.25) is 0 Å². The van der Waals surface area contributed by atoms with E-state index in [4.69, 9.17) is 22.1 Å². The summed E-state index contributed by atoms with van der Waals surface area (Å²) in [6.07, 6.45) is 2.06. The van der Waals surface area contributed by atoms with E-state index in [9.17, 15) is 0 Å². The van der Waals surface area contributed by atoms with E-state index in [1.165, 1.54) is 11.1 Å². The molecule has 1 aliphatic rings. The van der Waals surface area contributed by atoms with E-state index in [1.54, 1.807) is 7.11 Å². The summed E-state index contributed by atoms with van der Waals surface area (Å²) in [4.78, 5) is 2.35. The fraction of sp³-hybridized carbons (Fsp3) is 0.600. The molecule has 1 aliphatic heterocycles. The second-order valence-electron chi connectivity index (χ2n) is 5.35. The minimum absolute atomic E-state index is 0.354. The normalized spacial score (nSPS) is 23.8. The molecular formula is C15H23ClN2O. The third-order valence-corrected chi connectivity index (χ3v) is 4.35. The van der Waals surface area contributed by atoms with Gasteiger partial charge in [0, 0.05) is 18.2 Å². The molecule has 0 aliphatic carbocycles. The Labute approximate surface area is 120 Å². The molecule has 0 spiro atoms. The van der Waals surface area contributed by atoms with Crippen LogP contribution in [-0.4, -0.2) is 32.1 Å². The first-order valence-corrected chi connectivity index (χ1v) is 7.25. The predicted molar refractivity (Wildman–Crippen MR) is 79.9 cm³/mol. The zero-order valence-electron chi connectivity index (χ0n) is 11.9. The van der Waals surface area contributed by atoms with Gasteiger partial charge in [0.05, 0.1) is 12.1 Å². The van der Waals surface area contributed by atoms with Gasteiger partial charge in [-0.05, 0) is 44.0 Å². The smallest absolute Gasteiger partial charge is 0.142 e. The lowest BCUT2D eigenvalue weighted by molar-refractivity contribution is 0.303. The second kappa shape index (κ2) is 6.12. The van der Waals surface area contributed by atoms with Crippen LogP contribution in [0, 0.1) is 5.92 Å². The van der Waals surface area contributed by atoms with E-state index in [2.05, 4.69) is 24.9 Å². The van der Waals surface area contributed by atoms with E-state index in [-0.39, 0.29) is 0 Å². The van der Waals surface area contributed by atoms with Crippen molar-refractivity contribution in [3.05, 3.63) is 28.3 Å². The third-order valence-electron chi connectivity index (χ3n) is 4.07. The van der Waals surface area contributed by atoms with Gasteiger partial charge in [0.25, 0.3) is 0 Å². The number of benzene rings is 1. The second-order valence-corrected chi connectivity index (χ2v) is 5.75.